The van der Waals surface area contributed by atoms with Gasteiger partial charge in [-0.2, -0.15) is 0 Å². The van der Waals surface area contributed by atoms with Crippen molar-refractivity contribution in [1.82, 2.24) is 15.2 Å². The van der Waals surface area contributed by atoms with Crippen molar-refractivity contribution in [3.05, 3.63) is 52.9 Å². The standard InChI is InChI=1S/C22H22N6O7S2/c1-22(2,20(33)34)35-26-13(12-10-37-21(23)24-12)16(29)25-14-17(30)28-15(19(31)32)11(9-36-18(14)28)8-27-6-4-3-5-7-27/h3-7,10,14,18H,8-9H2,1-2H3,(H4-,23,24,25,29,31,32,33,34)/p+1/t14-,18?/m1/s1. The number of oxime groups is 1. The highest BCUT2D eigenvalue weighted by Gasteiger charge is 2.54. The molecule has 37 heavy (non-hydrogen) atoms. The molecule has 194 valence electrons. The van der Waals surface area contributed by atoms with Gasteiger partial charge in [0.05, 0.1) is 0 Å². The van der Waals surface area contributed by atoms with Crippen LogP contribution < -0.4 is 15.6 Å². The minimum absolute atomic E-state index is 0.0365. The van der Waals surface area contributed by atoms with Gasteiger partial charge in [-0.25, -0.2) is 19.1 Å². The minimum Gasteiger partial charge on any atom is -0.478 e. The first kappa shape index (κ1) is 26.1. The number of fused-ring (bicyclic) bond motifs is 1. The van der Waals surface area contributed by atoms with E-state index >= 15 is 0 Å². The zero-order valence-electron chi connectivity index (χ0n) is 19.7. The van der Waals surface area contributed by atoms with Gasteiger partial charge in [-0.3, -0.25) is 14.5 Å². The summed E-state index contributed by atoms with van der Waals surface area (Å²) < 4.78 is 1.81. The highest BCUT2D eigenvalue weighted by atomic mass is 32.2. The van der Waals surface area contributed by atoms with E-state index in [1.165, 1.54) is 35.9 Å². The van der Waals surface area contributed by atoms with Crippen LogP contribution in [0, 0.1) is 0 Å². The molecule has 13 nitrogen and oxygen atoms in total. The number of pyridine rings is 1. The Kier molecular flexibility index (Phi) is 7.18. The van der Waals surface area contributed by atoms with Crippen LogP contribution in [0.25, 0.3) is 0 Å². The first-order valence-corrected chi connectivity index (χ1v) is 12.8. The molecular weight excluding hydrogens is 524 g/mol. The normalized spacial score (nSPS) is 19.7. The second kappa shape index (κ2) is 10.2. The van der Waals surface area contributed by atoms with Gasteiger partial charge in [0.1, 0.15) is 22.8 Å². The third-order valence-corrected chi connectivity index (χ3v) is 7.56. The molecular formula is C22H23N6O7S2+. The molecule has 4 rings (SSSR count). The summed E-state index contributed by atoms with van der Waals surface area (Å²) in [6.07, 6.45) is 3.59. The van der Waals surface area contributed by atoms with E-state index in [1.54, 1.807) is 12.4 Å². The number of carbonyl (C=O) groups is 4. The van der Waals surface area contributed by atoms with Crippen LogP contribution in [-0.4, -0.2) is 72.3 Å². The van der Waals surface area contributed by atoms with Crippen molar-refractivity contribution in [2.75, 3.05) is 11.5 Å². The average molecular weight is 548 g/mol. The number of thiazole rings is 1. The summed E-state index contributed by atoms with van der Waals surface area (Å²) in [5, 5.41) is 26.3. The van der Waals surface area contributed by atoms with E-state index < -0.39 is 40.8 Å². The molecule has 2 aromatic heterocycles. The van der Waals surface area contributed by atoms with Crippen LogP contribution in [0.3, 0.4) is 0 Å². The Hall–Kier alpha value is -3.98. The maximum atomic E-state index is 13.1. The zero-order chi connectivity index (χ0) is 26.9. The van der Waals surface area contributed by atoms with E-state index in [9.17, 15) is 29.4 Å². The maximum Gasteiger partial charge on any atom is 0.352 e. The zero-order valence-corrected chi connectivity index (χ0v) is 21.3. The van der Waals surface area contributed by atoms with Gasteiger partial charge < -0.3 is 26.1 Å². The number of carboxylic acids is 2. The van der Waals surface area contributed by atoms with Crippen molar-refractivity contribution in [2.45, 2.75) is 37.4 Å². The fourth-order valence-electron chi connectivity index (χ4n) is 3.57. The smallest absolute Gasteiger partial charge is 0.352 e. The second-order valence-corrected chi connectivity index (χ2v) is 10.6. The molecule has 4 heterocycles. The highest BCUT2D eigenvalue weighted by Crippen LogP contribution is 2.40. The third kappa shape index (κ3) is 5.27. The number of anilines is 1. The van der Waals surface area contributed by atoms with Crippen LogP contribution in [0.5, 0.6) is 0 Å². The summed E-state index contributed by atoms with van der Waals surface area (Å²) in [5.74, 6) is -3.66. The van der Waals surface area contributed by atoms with Crippen molar-refractivity contribution in [3.8, 4) is 0 Å². The Morgan fingerprint density at radius 3 is 2.59 bits per heavy atom. The molecule has 2 aliphatic heterocycles. The lowest BCUT2D eigenvalue weighted by Crippen LogP contribution is -2.71. The van der Waals surface area contributed by atoms with Crippen molar-refractivity contribution in [2.24, 2.45) is 5.16 Å². The number of nitrogens with two attached hydrogens (primary N) is 1. The van der Waals surface area contributed by atoms with Crippen molar-refractivity contribution >= 4 is 57.7 Å². The number of aliphatic carboxylic acids is 2. The first-order valence-electron chi connectivity index (χ1n) is 10.9. The van der Waals surface area contributed by atoms with Gasteiger partial charge in [-0.15, -0.1) is 23.1 Å². The number of nitrogens with zero attached hydrogens (tertiary/aromatic N) is 4. The molecule has 1 unspecified atom stereocenters. The SMILES string of the molecule is CC(C)(ON=C(C(=O)N[C@@H]1C(=O)N2C(C(=O)O)=C(C[n+]3ccccc3)CSC12)c1csc(N)n1)C(=O)O. The molecule has 2 aromatic rings. The minimum atomic E-state index is -1.75. The third-order valence-electron chi connectivity index (χ3n) is 5.55. The Labute approximate surface area is 218 Å². The van der Waals surface area contributed by atoms with Crippen LogP contribution >= 0.6 is 23.1 Å². The number of thioether (sulfide) groups is 1. The van der Waals surface area contributed by atoms with Gasteiger partial charge >= 0.3 is 11.9 Å². The van der Waals surface area contributed by atoms with Crippen LogP contribution in [0.1, 0.15) is 19.5 Å². The summed E-state index contributed by atoms with van der Waals surface area (Å²) in [6.45, 7) is 2.80. The molecule has 2 atom stereocenters. The number of carbonyl (C=O) groups excluding carboxylic acids is 2. The molecule has 0 saturated carbocycles. The van der Waals surface area contributed by atoms with Crippen LogP contribution in [0.15, 0.2) is 52.4 Å². The monoisotopic (exact) mass is 547 g/mol. The Morgan fingerprint density at radius 1 is 1.30 bits per heavy atom. The quantitative estimate of drug-likeness (QED) is 0.144. The summed E-state index contributed by atoms with van der Waals surface area (Å²) in [7, 11) is 0. The lowest BCUT2D eigenvalue weighted by molar-refractivity contribution is -0.689. The molecule has 0 radical (unpaired) electrons. The molecule has 1 fully saturated rings. The number of nitrogen functional groups attached to an aromatic ring is 1. The van der Waals surface area contributed by atoms with Gasteiger partial charge in [0.15, 0.2) is 29.8 Å². The topological polar surface area (TPSA) is 188 Å². The van der Waals surface area contributed by atoms with Gasteiger partial charge in [-0.05, 0) is 13.8 Å². The van der Waals surface area contributed by atoms with Crippen LogP contribution in [0.2, 0.25) is 0 Å². The van der Waals surface area contributed by atoms with Crippen molar-refractivity contribution in [1.29, 1.82) is 0 Å². The van der Waals surface area contributed by atoms with Gasteiger partial charge in [0.2, 0.25) is 5.60 Å². The molecule has 2 aliphatic rings. The molecule has 0 spiro atoms. The number of nitrogens with one attached hydrogen (secondary N) is 1. The van der Waals surface area contributed by atoms with Gasteiger partial charge in [-0.1, -0.05) is 11.2 Å². The highest BCUT2D eigenvalue weighted by molar-refractivity contribution is 8.00. The van der Waals surface area contributed by atoms with Crippen LogP contribution in [0.4, 0.5) is 5.13 Å². The Morgan fingerprint density at radius 2 is 2.00 bits per heavy atom. The molecule has 0 aliphatic carbocycles. The van der Waals surface area contributed by atoms with Gasteiger partial charge in [0.25, 0.3) is 11.8 Å². The number of β-lactam (4-membered cyclic amide) rings is 1. The molecule has 1 saturated heterocycles. The van der Waals surface area contributed by atoms with Crippen molar-refractivity contribution < 1.29 is 38.8 Å². The Bertz CT molecular complexity index is 1320. The average Bonchev–Trinajstić information content (AvgIpc) is 3.28. The number of hydrogen-bond donors (Lipinski definition) is 4. The molecule has 0 aromatic carbocycles. The summed E-state index contributed by atoms with van der Waals surface area (Å²) in [6, 6.07) is 4.44. The lowest BCUT2D eigenvalue weighted by Gasteiger charge is -2.49. The summed E-state index contributed by atoms with van der Waals surface area (Å²) >= 11 is 2.35. The van der Waals surface area contributed by atoms with E-state index in [0.717, 1.165) is 11.3 Å². The number of hydrogen-bond acceptors (Lipinski definition) is 10. The van der Waals surface area contributed by atoms with E-state index in [0.29, 0.717) is 17.9 Å². The maximum absolute atomic E-state index is 13.1. The number of amides is 2. The fourth-order valence-corrected chi connectivity index (χ4v) is 5.46. The fraction of sp³-hybridized carbons (Fsp3) is 0.318. The first-order chi connectivity index (χ1) is 17.5. The van der Waals surface area contributed by atoms with E-state index in [2.05, 4.69) is 15.5 Å². The molecule has 2 amide bonds. The summed E-state index contributed by atoms with van der Waals surface area (Å²) in [4.78, 5) is 59.9. The predicted octanol–water partition coefficient (Wildman–Crippen LogP) is 0.0355. The van der Waals surface area contributed by atoms with E-state index in [-0.39, 0.29) is 22.2 Å². The predicted molar refractivity (Wildman–Crippen MR) is 132 cm³/mol. The van der Waals surface area contributed by atoms with E-state index in [4.69, 9.17) is 10.6 Å². The second-order valence-electron chi connectivity index (χ2n) is 8.58. The number of rotatable bonds is 9. The van der Waals surface area contributed by atoms with Crippen molar-refractivity contribution in [3.63, 3.8) is 0 Å². The number of carboxylic acid groups (broad SMARTS) is 2. The lowest BCUT2D eigenvalue weighted by atomic mass is 10.0. The van der Waals surface area contributed by atoms with Crippen LogP contribution in [-0.2, 0) is 30.6 Å². The molecule has 0 bridgehead atoms. The largest absolute Gasteiger partial charge is 0.478 e. The molecule has 5 N–H and O–H groups in total. The van der Waals surface area contributed by atoms with Gasteiger partial charge in [0, 0.05) is 28.8 Å². The Balaban J connectivity index is 1.55. The molecule has 15 heteroatoms. The summed E-state index contributed by atoms with van der Waals surface area (Å²) in [5.41, 5.74) is 4.04. The number of aromatic nitrogens is 2. The van der Waals surface area contributed by atoms with E-state index in [1.807, 2.05) is 22.8 Å².